The van der Waals surface area contributed by atoms with Crippen molar-refractivity contribution in [3.05, 3.63) is 74.7 Å². The molecule has 0 heterocycles. The Balaban J connectivity index is 2.27. The highest BCUT2D eigenvalue weighted by molar-refractivity contribution is 9.11. The summed E-state index contributed by atoms with van der Waals surface area (Å²) >= 11 is 9.64. The predicted molar refractivity (Wildman–Crippen MR) is 81.3 cm³/mol. The van der Waals surface area contributed by atoms with Crippen LogP contribution in [-0.4, -0.2) is 0 Å². The molecular weight excluding hydrogens is 308 g/mol. The van der Waals surface area contributed by atoms with Gasteiger partial charge in [-0.3, -0.25) is 0 Å². The van der Waals surface area contributed by atoms with Gasteiger partial charge < -0.3 is 0 Å². The van der Waals surface area contributed by atoms with E-state index in [1.165, 1.54) is 27.8 Å². The fraction of sp³-hybridized carbons (Fsp3) is 0.125. The Morgan fingerprint density at radius 3 is 2.44 bits per heavy atom. The van der Waals surface area contributed by atoms with Crippen molar-refractivity contribution in [1.82, 2.24) is 0 Å². The number of aryl methyl sites for hydroxylation is 2. The zero-order chi connectivity index (χ0) is 12.5. The molecule has 2 aromatic rings. The summed E-state index contributed by atoms with van der Waals surface area (Å²) in [5, 5.41) is 0.792. The fourth-order valence-electron chi connectivity index (χ4n) is 2.55. The van der Waals surface area contributed by atoms with Crippen molar-refractivity contribution in [1.29, 1.82) is 0 Å². The average molecular weight is 320 g/mol. The van der Waals surface area contributed by atoms with E-state index in [2.05, 4.69) is 52.3 Å². The van der Waals surface area contributed by atoms with Gasteiger partial charge in [0.15, 0.2) is 0 Å². The Morgan fingerprint density at radius 1 is 0.944 bits per heavy atom. The quantitative estimate of drug-likeness (QED) is 0.624. The van der Waals surface area contributed by atoms with Gasteiger partial charge in [0.2, 0.25) is 0 Å². The summed E-state index contributed by atoms with van der Waals surface area (Å²) in [6, 6.07) is 14.8. The van der Waals surface area contributed by atoms with Crippen molar-refractivity contribution in [3.8, 4) is 0 Å². The number of hydrogen-bond acceptors (Lipinski definition) is 0. The van der Waals surface area contributed by atoms with E-state index < -0.39 is 0 Å². The van der Waals surface area contributed by atoms with Crippen molar-refractivity contribution in [2.45, 2.75) is 12.8 Å². The van der Waals surface area contributed by atoms with Crippen LogP contribution in [0.2, 0.25) is 5.02 Å². The van der Waals surface area contributed by atoms with Gasteiger partial charge in [0.1, 0.15) is 0 Å². The van der Waals surface area contributed by atoms with E-state index in [0.717, 1.165) is 17.9 Å². The molecule has 2 heteroatoms. The van der Waals surface area contributed by atoms with Crippen LogP contribution in [0.4, 0.5) is 0 Å². The van der Waals surface area contributed by atoms with Crippen molar-refractivity contribution in [2.24, 2.45) is 0 Å². The smallest absolute Gasteiger partial charge is 0.0412 e. The lowest BCUT2D eigenvalue weighted by Gasteiger charge is -2.10. The number of rotatable bonds is 0. The zero-order valence-corrected chi connectivity index (χ0v) is 12.1. The first-order chi connectivity index (χ1) is 8.79. The SMILES string of the molecule is Clc1ccc2c(c1)C(=CBr)c1ccccc1CC2. The molecule has 0 fully saturated rings. The van der Waals surface area contributed by atoms with E-state index in [-0.39, 0.29) is 0 Å². The molecule has 0 amide bonds. The molecule has 0 radical (unpaired) electrons. The highest BCUT2D eigenvalue weighted by atomic mass is 79.9. The van der Waals surface area contributed by atoms with Gasteiger partial charge in [0, 0.05) is 5.02 Å². The Bertz CT molecular complexity index is 629. The van der Waals surface area contributed by atoms with Crippen LogP contribution < -0.4 is 0 Å². The summed E-state index contributed by atoms with van der Waals surface area (Å²) in [5.41, 5.74) is 6.53. The zero-order valence-electron chi connectivity index (χ0n) is 9.79. The monoisotopic (exact) mass is 318 g/mol. The van der Waals surface area contributed by atoms with Crippen molar-refractivity contribution < 1.29 is 0 Å². The predicted octanol–water partition coefficient (Wildman–Crippen LogP) is 5.22. The average Bonchev–Trinajstić information content (AvgIpc) is 2.54. The molecule has 18 heavy (non-hydrogen) atoms. The van der Waals surface area contributed by atoms with Crippen LogP contribution in [0.1, 0.15) is 22.3 Å². The molecule has 0 saturated carbocycles. The third kappa shape index (κ3) is 2.02. The largest absolute Gasteiger partial charge is 0.0843 e. The summed E-state index contributed by atoms with van der Waals surface area (Å²) in [4.78, 5) is 2.01. The lowest BCUT2D eigenvalue weighted by molar-refractivity contribution is 0.965. The topological polar surface area (TPSA) is 0 Å². The van der Waals surface area contributed by atoms with Crippen LogP contribution in [0, 0.1) is 0 Å². The van der Waals surface area contributed by atoms with Gasteiger partial charge in [-0.2, -0.15) is 0 Å². The van der Waals surface area contributed by atoms with Gasteiger partial charge in [0.25, 0.3) is 0 Å². The summed E-state index contributed by atoms with van der Waals surface area (Å²) in [7, 11) is 0. The summed E-state index contributed by atoms with van der Waals surface area (Å²) in [5.74, 6) is 0. The second-order valence-electron chi connectivity index (χ2n) is 4.48. The third-order valence-corrected chi connectivity index (χ3v) is 4.14. The van der Waals surface area contributed by atoms with E-state index in [4.69, 9.17) is 11.6 Å². The molecule has 0 spiro atoms. The molecule has 2 aromatic carbocycles. The molecule has 0 nitrogen and oxygen atoms in total. The second-order valence-corrected chi connectivity index (χ2v) is 5.38. The highest BCUT2D eigenvalue weighted by Gasteiger charge is 2.17. The van der Waals surface area contributed by atoms with Crippen molar-refractivity contribution >= 4 is 33.1 Å². The Labute approximate surface area is 120 Å². The van der Waals surface area contributed by atoms with Crippen LogP contribution >= 0.6 is 27.5 Å². The van der Waals surface area contributed by atoms with Crippen LogP contribution in [0.25, 0.3) is 5.57 Å². The Kier molecular flexibility index (Phi) is 3.27. The van der Waals surface area contributed by atoms with Crippen LogP contribution in [0.15, 0.2) is 47.4 Å². The first-order valence-electron chi connectivity index (χ1n) is 5.97. The lowest BCUT2D eigenvalue weighted by Crippen LogP contribution is -1.91. The molecule has 1 aliphatic carbocycles. The third-order valence-electron chi connectivity index (χ3n) is 3.44. The van der Waals surface area contributed by atoms with Gasteiger partial charge >= 0.3 is 0 Å². The van der Waals surface area contributed by atoms with Gasteiger partial charge in [-0.15, -0.1) is 0 Å². The fourth-order valence-corrected chi connectivity index (χ4v) is 3.22. The molecule has 0 unspecified atom stereocenters. The maximum absolute atomic E-state index is 6.14. The summed E-state index contributed by atoms with van der Waals surface area (Å²) in [6.45, 7) is 0. The lowest BCUT2D eigenvalue weighted by atomic mass is 9.96. The maximum Gasteiger partial charge on any atom is 0.0412 e. The minimum atomic E-state index is 0.792. The first-order valence-corrected chi connectivity index (χ1v) is 7.26. The molecule has 0 aliphatic heterocycles. The Hall–Kier alpha value is -1.05. The van der Waals surface area contributed by atoms with E-state index in [1.54, 1.807) is 0 Å². The van der Waals surface area contributed by atoms with E-state index in [1.807, 2.05) is 11.1 Å². The normalized spacial score (nSPS) is 16.0. The minimum Gasteiger partial charge on any atom is -0.0843 e. The molecule has 0 bridgehead atoms. The van der Waals surface area contributed by atoms with E-state index >= 15 is 0 Å². The van der Waals surface area contributed by atoms with E-state index in [0.29, 0.717) is 0 Å². The van der Waals surface area contributed by atoms with E-state index in [9.17, 15) is 0 Å². The van der Waals surface area contributed by atoms with Crippen LogP contribution in [0.5, 0.6) is 0 Å². The molecule has 3 rings (SSSR count). The number of hydrogen-bond donors (Lipinski definition) is 0. The number of halogens is 2. The Morgan fingerprint density at radius 2 is 1.67 bits per heavy atom. The second kappa shape index (κ2) is 4.91. The van der Waals surface area contributed by atoms with Crippen molar-refractivity contribution in [3.63, 3.8) is 0 Å². The van der Waals surface area contributed by atoms with Gasteiger partial charge in [0.05, 0.1) is 0 Å². The molecule has 0 saturated heterocycles. The highest BCUT2D eigenvalue weighted by Crippen LogP contribution is 2.35. The molecule has 90 valence electrons. The van der Waals surface area contributed by atoms with Gasteiger partial charge in [-0.25, -0.2) is 0 Å². The molecule has 0 atom stereocenters. The molecule has 0 N–H and O–H groups in total. The molecule has 0 aromatic heterocycles. The first kappa shape index (κ1) is 12.0. The van der Waals surface area contributed by atoms with Gasteiger partial charge in [-0.05, 0) is 57.8 Å². The van der Waals surface area contributed by atoms with Gasteiger partial charge in [-0.1, -0.05) is 57.9 Å². The molecule has 1 aliphatic rings. The van der Waals surface area contributed by atoms with Crippen molar-refractivity contribution in [2.75, 3.05) is 0 Å². The maximum atomic E-state index is 6.14. The number of fused-ring (bicyclic) bond motifs is 2. The van der Waals surface area contributed by atoms with Crippen LogP contribution in [-0.2, 0) is 12.8 Å². The van der Waals surface area contributed by atoms with Crippen LogP contribution in [0.3, 0.4) is 0 Å². The molecular formula is C16H12BrCl. The standard InChI is InChI=1S/C16H12BrCl/c17-10-16-14-4-2-1-3-11(14)5-6-12-7-8-13(18)9-15(12)16/h1-4,7-10H,5-6H2. The summed E-state index contributed by atoms with van der Waals surface area (Å²) in [6.07, 6.45) is 2.14. The summed E-state index contributed by atoms with van der Waals surface area (Å²) < 4.78 is 0. The minimum absolute atomic E-state index is 0.792. The number of benzene rings is 2.